The monoisotopic (exact) mass is 486 g/mol. The second-order valence-electron chi connectivity index (χ2n) is 7.00. The molecule has 3 rings (SSSR count). The molecule has 0 bridgehead atoms. The first kappa shape index (κ1) is 24.4. The van der Waals surface area contributed by atoms with Gasteiger partial charge in [-0.15, -0.1) is 0 Å². The number of halogens is 2. The lowest BCUT2D eigenvalue weighted by molar-refractivity contribution is -0.115. The van der Waals surface area contributed by atoms with Crippen LogP contribution in [0.1, 0.15) is 29.8 Å². The van der Waals surface area contributed by atoms with Gasteiger partial charge < -0.3 is 20.1 Å². The van der Waals surface area contributed by atoms with Crippen LogP contribution in [0.4, 0.5) is 11.4 Å². The normalized spacial score (nSPS) is 10.4. The third-order valence-corrected chi connectivity index (χ3v) is 5.33. The molecule has 0 spiro atoms. The van der Waals surface area contributed by atoms with Gasteiger partial charge in [0.05, 0.1) is 41.1 Å². The van der Waals surface area contributed by atoms with Gasteiger partial charge in [-0.1, -0.05) is 47.5 Å². The molecule has 2 N–H and O–H groups in total. The number of anilines is 2. The van der Waals surface area contributed by atoms with E-state index < -0.39 is 0 Å². The van der Waals surface area contributed by atoms with E-state index in [1.807, 2.05) is 19.9 Å². The summed E-state index contributed by atoms with van der Waals surface area (Å²) in [5, 5.41) is 6.52. The molecule has 0 aliphatic heterocycles. The molecule has 3 aromatic carbocycles. The van der Waals surface area contributed by atoms with Crippen LogP contribution in [0.5, 0.6) is 11.5 Å². The minimum Gasteiger partial charge on any atom is -0.492 e. The zero-order valence-corrected chi connectivity index (χ0v) is 19.8. The summed E-state index contributed by atoms with van der Waals surface area (Å²) < 4.78 is 11.4. The molecule has 6 nitrogen and oxygen atoms in total. The predicted molar refractivity (Wildman–Crippen MR) is 132 cm³/mol. The third-order valence-electron chi connectivity index (χ3n) is 4.59. The highest BCUT2D eigenvalue weighted by Gasteiger charge is 2.17. The Morgan fingerprint density at radius 1 is 0.788 bits per heavy atom. The maximum absolute atomic E-state index is 12.7. The minimum atomic E-state index is -0.282. The molecule has 3 aromatic rings. The van der Waals surface area contributed by atoms with Crippen molar-refractivity contribution in [1.82, 2.24) is 0 Å². The van der Waals surface area contributed by atoms with Crippen LogP contribution >= 0.6 is 23.2 Å². The van der Waals surface area contributed by atoms with E-state index in [1.54, 1.807) is 54.6 Å². The Labute approximate surface area is 202 Å². The summed E-state index contributed by atoms with van der Waals surface area (Å²) in [6, 6.07) is 17.2. The fourth-order valence-corrected chi connectivity index (χ4v) is 3.44. The molecule has 0 fully saturated rings. The van der Waals surface area contributed by atoms with E-state index in [-0.39, 0.29) is 18.2 Å². The third kappa shape index (κ3) is 6.63. The Balaban J connectivity index is 1.85. The summed E-state index contributed by atoms with van der Waals surface area (Å²) >= 11 is 12.0. The van der Waals surface area contributed by atoms with Crippen molar-refractivity contribution in [3.8, 4) is 11.5 Å². The van der Waals surface area contributed by atoms with Crippen molar-refractivity contribution >= 4 is 46.4 Å². The highest BCUT2D eigenvalue weighted by molar-refractivity contribution is 6.42. The molecule has 0 unspecified atom stereocenters. The van der Waals surface area contributed by atoms with E-state index in [0.29, 0.717) is 51.7 Å². The number of carbonyl (C=O) groups excluding carboxylic acids is 2. The number of hydrogen-bond donors (Lipinski definition) is 2. The standard InChI is InChI=1S/C25H24Cl2N2O4/c1-3-32-22-15-21(29-25(31)17-8-6-5-7-9-17)23(33-4-2)14-20(22)28-24(30)13-16-10-11-18(26)19(27)12-16/h5-12,14-15H,3-4,13H2,1-2H3,(H,28,30)(H,29,31). The van der Waals surface area contributed by atoms with Crippen molar-refractivity contribution in [2.24, 2.45) is 0 Å². The minimum absolute atomic E-state index is 0.0961. The molecule has 8 heteroatoms. The van der Waals surface area contributed by atoms with E-state index >= 15 is 0 Å². The summed E-state index contributed by atoms with van der Waals surface area (Å²) in [6.45, 7) is 4.41. The van der Waals surface area contributed by atoms with Crippen molar-refractivity contribution in [2.75, 3.05) is 23.8 Å². The lowest BCUT2D eigenvalue weighted by Gasteiger charge is -2.18. The van der Waals surface area contributed by atoms with E-state index in [0.717, 1.165) is 5.56 Å². The Kier molecular flexibility index (Phi) is 8.58. The first-order valence-corrected chi connectivity index (χ1v) is 11.2. The van der Waals surface area contributed by atoms with Crippen molar-refractivity contribution in [3.05, 3.63) is 81.8 Å². The molecular weight excluding hydrogens is 463 g/mol. The number of rotatable bonds is 9. The lowest BCUT2D eigenvalue weighted by Crippen LogP contribution is -2.17. The van der Waals surface area contributed by atoms with Crippen LogP contribution < -0.4 is 20.1 Å². The van der Waals surface area contributed by atoms with Gasteiger partial charge in [-0.3, -0.25) is 9.59 Å². The number of nitrogens with one attached hydrogen (secondary N) is 2. The number of hydrogen-bond acceptors (Lipinski definition) is 4. The quantitative estimate of drug-likeness (QED) is 0.376. The van der Waals surface area contributed by atoms with Gasteiger partial charge in [-0.05, 0) is 43.7 Å². The predicted octanol–water partition coefficient (Wildman–Crippen LogP) is 6.22. The van der Waals surface area contributed by atoms with Gasteiger partial charge in [-0.25, -0.2) is 0 Å². The molecular formula is C25H24Cl2N2O4. The fraction of sp³-hybridized carbons (Fsp3) is 0.200. The number of ether oxygens (including phenoxy) is 2. The van der Waals surface area contributed by atoms with Crippen LogP contribution in [0, 0.1) is 0 Å². The van der Waals surface area contributed by atoms with Crippen LogP contribution in [-0.4, -0.2) is 25.0 Å². The smallest absolute Gasteiger partial charge is 0.255 e. The molecule has 0 aliphatic rings. The molecule has 0 aliphatic carbocycles. The lowest BCUT2D eigenvalue weighted by atomic mass is 10.1. The Morgan fingerprint density at radius 3 is 1.97 bits per heavy atom. The molecule has 172 valence electrons. The fourth-order valence-electron chi connectivity index (χ4n) is 3.12. The van der Waals surface area contributed by atoms with Gasteiger partial charge >= 0.3 is 0 Å². The van der Waals surface area contributed by atoms with Crippen LogP contribution in [0.2, 0.25) is 10.0 Å². The molecule has 0 aromatic heterocycles. The van der Waals surface area contributed by atoms with Crippen LogP contribution in [0.25, 0.3) is 0 Å². The van der Waals surface area contributed by atoms with Crippen molar-refractivity contribution < 1.29 is 19.1 Å². The molecule has 0 saturated carbocycles. The van der Waals surface area contributed by atoms with Gasteiger partial charge in [0.1, 0.15) is 11.5 Å². The Bertz CT molecular complexity index is 1140. The zero-order chi connectivity index (χ0) is 23.8. The van der Waals surface area contributed by atoms with Crippen molar-refractivity contribution in [3.63, 3.8) is 0 Å². The molecule has 0 radical (unpaired) electrons. The maximum Gasteiger partial charge on any atom is 0.255 e. The molecule has 0 heterocycles. The van der Waals surface area contributed by atoms with Gasteiger partial charge in [-0.2, -0.15) is 0 Å². The Hall–Kier alpha value is -3.22. The highest BCUT2D eigenvalue weighted by Crippen LogP contribution is 2.37. The van der Waals surface area contributed by atoms with E-state index in [9.17, 15) is 9.59 Å². The SMILES string of the molecule is CCOc1cc(NC(=O)c2ccccc2)c(OCC)cc1NC(=O)Cc1ccc(Cl)c(Cl)c1. The average molecular weight is 487 g/mol. The topological polar surface area (TPSA) is 76.7 Å². The van der Waals surface area contributed by atoms with Gasteiger partial charge in [0.15, 0.2) is 0 Å². The molecule has 0 saturated heterocycles. The Morgan fingerprint density at radius 2 is 1.39 bits per heavy atom. The molecule has 33 heavy (non-hydrogen) atoms. The number of carbonyl (C=O) groups is 2. The van der Waals surface area contributed by atoms with E-state index in [1.165, 1.54) is 0 Å². The van der Waals surface area contributed by atoms with Gasteiger partial charge in [0.25, 0.3) is 5.91 Å². The van der Waals surface area contributed by atoms with Crippen LogP contribution in [0.15, 0.2) is 60.7 Å². The second-order valence-corrected chi connectivity index (χ2v) is 7.82. The first-order valence-electron chi connectivity index (χ1n) is 10.4. The zero-order valence-electron chi connectivity index (χ0n) is 18.3. The largest absolute Gasteiger partial charge is 0.492 e. The molecule has 2 amide bonds. The maximum atomic E-state index is 12.7. The number of amides is 2. The number of benzene rings is 3. The highest BCUT2D eigenvalue weighted by atomic mass is 35.5. The summed E-state index contributed by atoms with van der Waals surface area (Å²) in [7, 11) is 0. The summed E-state index contributed by atoms with van der Waals surface area (Å²) in [6.07, 6.45) is 0.0961. The summed E-state index contributed by atoms with van der Waals surface area (Å²) in [5.41, 5.74) is 2.10. The van der Waals surface area contributed by atoms with E-state index in [4.69, 9.17) is 32.7 Å². The van der Waals surface area contributed by atoms with E-state index in [2.05, 4.69) is 10.6 Å². The molecule has 0 atom stereocenters. The van der Waals surface area contributed by atoms with Gasteiger partial charge in [0.2, 0.25) is 5.91 Å². The van der Waals surface area contributed by atoms with Crippen molar-refractivity contribution in [1.29, 1.82) is 0 Å². The average Bonchev–Trinajstić information content (AvgIpc) is 2.79. The summed E-state index contributed by atoms with van der Waals surface area (Å²) in [4.78, 5) is 25.4. The van der Waals surface area contributed by atoms with Crippen molar-refractivity contribution in [2.45, 2.75) is 20.3 Å². The summed E-state index contributed by atoms with van der Waals surface area (Å²) in [5.74, 6) is 0.273. The van der Waals surface area contributed by atoms with Gasteiger partial charge in [0, 0.05) is 17.7 Å². The van der Waals surface area contributed by atoms with Crippen LogP contribution in [-0.2, 0) is 11.2 Å². The van der Waals surface area contributed by atoms with Crippen LogP contribution in [0.3, 0.4) is 0 Å². The second kappa shape index (κ2) is 11.6. The first-order chi connectivity index (χ1) is 15.9.